The summed E-state index contributed by atoms with van der Waals surface area (Å²) in [6, 6.07) is 11.7. The van der Waals surface area contributed by atoms with E-state index in [1.165, 1.54) is 17.0 Å². The quantitative estimate of drug-likeness (QED) is 0.377. The topological polar surface area (TPSA) is 69.8 Å². The van der Waals surface area contributed by atoms with Crippen molar-refractivity contribution in [2.24, 2.45) is 11.8 Å². The SMILES string of the molecule is CC(C)CN(Cc1cc(F)c2c(c1)OCCCO2)C(O)[C@H](C)CNCc1cccc2[nH]ccc12. The molecule has 1 aromatic heterocycles. The fourth-order valence-corrected chi connectivity index (χ4v) is 4.55. The van der Waals surface area contributed by atoms with Gasteiger partial charge in [-0.25, -0.2) is 4.39 Å². The van der Waals surface area contributed by atoms with Crippen molar-refractivity contribution in [2.45, 2.75) is 46.5 Å². The highest BCUT2D eigenvalue weighted by Gasteiger charge is 2.25. The van der Waals surface area contributed by atoms with Crippen LogP contribution in [-0.2, 0) is 13.1 Å². The number of aliphatic hydroxyl groups excluding tert-OH is 1. The van der Waals surface area contributed by atoms with Gasteiger partial charge in [0.1, 0.15) is 6.23 Å². The molecule has 184 valence electrons. The van der Waals surface area contributed by atoms with E-state index in [9.17, 15) is 9.50 Å². The number of benzene rings is 2. The van der Waals surface area contributed by atoms with Crippen LogP contribution >= 0.6 is 0 Å². The van der Waals surface area contributed by atoms with Crippen LogP contribution in [0.2, 0.25) is 0 Å². The Bertz CT molecular complexity index is 1080. The van der Waals surface area contributed by atoms with Gasteiger partial charge in [0.25, 0.3) is 0 Å². The number of H-pyrrole nitrogens is 1. The number of aromatic nitrogens is 1. The average Bonchev–Trinajstić information content (AvgIpc) is 3.16. The minimum absolute atomic E-state index is 0.0190. The molecule has 2 aromatic carbocycles. The molecule has 0 aliphatic carbocycles. The van der Waals surface area contributed by atoms with Crippen LogP contribution in [-0.4, -0.2) is 47.5 Å². The summed E-state index contributed by atoms with van der Waals surface area (Å²) in [7, 11) is 0. The normalized spacial score (nSPS) is 15.6. The van der Waals surface area contributed by atoms with Crippen LogP contribution < -0.4 is 14.8 Å². The first-order chi connectivity index (χ1) is 16.4. The van der Waals surface area contributed by atoms with Gasteiger partial charge in [0, 0.05) is 55.6 Å². The number of nitrogens with one attached hydrogen (secondary N) is 2. The van der Waals surface area contributed by atoms with Crippen molar-refractivity contribution in [3.8, 4) is 11.5 Å². The van der Waals surface area contributed by atoms with Crippen LogP contribution in [0.3, 0.4) is 0 Å². The van der Waals surface area contributed by atoms with E-state index in [2.05, 4.69) is 42.3 Å². The lowest BCUT2D eigenvalue weighted by atomic mass is 10.1. The molecule has 3 aromatic rings. The number of hydrogen-bond acceptors (Lipinski definition) is 5. The van der Waals surface area contributed by atoms with Crippen molar-refractivity contribution in [1.82, 2.24) is 15.2 Å². The molecule has 1 aliphatic heterocycles. The maximum Gasteiger partial charge on any atom is 0.197 e. The zero-order valence-corrected chi connectivity index (χ0v) is 20.3. The van der Waals surface area contributed by atoms with Crippen LogP contribution in [0.15, 0.2) is 42.6 Å². The molecule has 0 fully saturated rings. The molecule has 1 unspecified atom stereocenters. The third-order valence-corrected chi connectivity index (χ3v) is 6.20. The third-order valence-electron chi connectivity index (χ3n) is 6.20. The van der Waals surface area contributed by atoms with Gasteiger partial charge >= 0.3 is 0 Å². The number of nitrogens with zero attached hydrogens (tertiary/aromatic N) is 1. The molecular formula is C27H36FN3O3. The molecule has 4 rings (SSSR count). The molecule has 2 heterocycles. The van der Waals surface area contributed by atoms with Gasteiger partial charge in [0.2, 0.25) is 0 Å². The Kier molecular flexibility index (Phi) is 8.08. The first-order valence-corrected chi connectivity index (χ1v) is 12.2. The highest BCUT2D eigenvalue weighted by molar-refractivity contribution is 5.82. The molecule has 7 heteroatoms. The summed E-state index contributed by atoms with van der Waals surface area (Å²) in [5.74, 6) is 0.551. The van der Waals surface area contributed by atoms with Gasteiger partial charge in [-0.3, -0.25) is 4.90 Å². The molecule has 34 heavy (non-hydrogen) atoms. The lowest BCUT2D eigenvalue weighted by Gasteiger charge is -2.33. The monoisotopic (exact) mass is 469 g/mol. The maximum atomic E-state index is 14.7. The van der Waals surface area contributed by atoms with Gasteiger partial charge in [-0.1, -0.05) is 32.9 Å². The number of aliphatic hydroxyl groups is 1. The zero-order valence-electron chi connectivity index (χ0n) is 20.3. The number of fused-ring (bicyclic) bond motifs is 2. The van der Waals surface area contributed by atoms with E-state index in [0.29, 0.717) is 44.5 Å². The Balaban J connectivity index is 1.40. The largest absolute Gasteiger partial charge is 0.489 e. The second-order valence-electron chi connectivity index (χ2n) is 9.66. The number of hydrogen-bond donors (Lipinski definition) is 3. The summed E-state index contributed by atoms with van der Waals surface area (Å²) in [6.07, 6.45) is 2.01. The van der Waals surface area contributed by atoms with Gasteiger partial charge in [-0.2, -0.15) is 0 Å². The molecule has 0 saturated heterocycles. The summed E-state index contributed by atoms with van der Waals surface area (Å²) >= 11 is 0. The van der Waals surface area contributed by atoms with E-state index in [1.54, 1.807) is 0 Å². The molecule has 0 bridgehead atoms. The number of aromatic amines is 1. The first kappa shape index (κ1) is 24.5. The zero-order chi connectivity index (χ0) is 24.1. The van der Waals surface area contributed by atoms with E-state index in [1.807, 2.05) is 30.2 Å². The van der Waals surface area contributed by atoms with Crippen molar-refractivity contribution in [2.75, 3.05) is 26.3 Å². The van der Waals surface area contributed by atoms with Crippen molar-refractivity contribution < 1.29 is 19.0 Å². The van der Waals surface area contributed by atoms with Crippen LogP contribution in [0.25, 0.3) is 10.9 Å². The van der Waals surface area contributed by atoms with E-state index >= 15 is 0 Å². The van der Waals surface area contributed by atoms with Crippen LogP contribution in [0, 0.1) is 17.7 Å². The standard InChI is InChI=1S/C27H36FN3O3/c1-18(2)16-31(17-20-12-23(28)26-25(13-20)33-10-5-11-34-26)27(32)19(3)14-29-15-21-6-4-7-24-22(21)8-9-30-24/h4,6-9,12-13,18-19,27,29-30,32H,5,10-11,14-17H2,1-3H3/t19-,27?/m1/s1. The van der Waals surface area contributed by atoms with Crippen molar-refractivity contribution in [3.63, 3.8) is 0 Å². The molecular weight excluding hydrogens is 433 g/mol. The fraction of sp³-hybridized carbons (Fsp3) is 0.481. The molecule has 0 spiro atoms. The Hall–Kier alpha value is -2.61. The number of rotatable bonds is 10. The summed E-state index contributed by atoms with van der Waals surface area (Å²) in [4.78, 5) is 5.26. The molecule has 6 nitrogen and oxygen atoms in total. The summed E-state index contributed by atoms with van der Waals surface area (Å²) in [5.41, 5.74) is 3.11. The molecule has 2 atom stereocenters. The van der Waals surface area contributed by atoms with Crippen molar-refractivity contribution in [1.29, 1.82) is 0 Å². The Morgan fingerprint density at radius 2 is 1.97 bits per heavy atom. The predicted octanol–water partition coefficient (Wildman–Crippen LogP) is 4.67. The van der Waals surface area contributed by atoms with Gasteiger partial charge in [-0.15, -0.1) is 0 Å². The van der Waals surface area contributed by atoms with E-state index < -0.39 is 12.0 Å². The van der Waals surface area contributed by atoms with Crippen molar-refractivity contribution >= 4 is 10.9 Å². The maximum absolute atomic E-state index is 14.7. The highest BCUT2D eigenvalue weighted by atomic mass is 19.1. The molecule has 1 aliphatic rings. The fourth-order valence-electron chi connectivity index (χ4n) is 4.55. The van der Waals surface area contributed by atoms with Gasteiger partial charge < -0.3 is 24.9 Å². The molecule has 0 amide bonds. The van der Waals surface area contributed by atoms with Gasteiger partial charge in [-0.05, 0) is 41.3 Å². The molecule has 3 N–H and O–H groups in total. The van der Waals surface area contributed by atoms with E-state index in [-0.39, 0.29) is 11.7 Å². The van der Waals surface area contributed by atoms with Crippen LogP contribution in [0.5, 0.6) is 11.5 Å². The van der Waals surface area contributed by atoms with Crippen LogP contribution in [0.1, 0.15) is 38.3 Å². The number of ether oxygens (including phenoxy) is 2. The van der Waals surface area contributed by atoms with E-state index in [4.69, 9.17) is 9.47 Å². The molecule has 0 saturated carbocycles. The minimum atomic E-state index is -0.669. The Labute approximate surface area is 201 Å². The first-order valence-electron chi connectivity index (χ1n) is 12.2. The lowest BCUT2D eigenvalue weighted by Crippen LogP contribution is -2.44. The second-order valence-corrected chi connectivity index (χ2v) is 9.66. The van der Waals surface area contributed by atoms with Crippen molar-refractivity contribution in [3.05, 3.63) is 59.5 Å². The Morgan fingerprint density at radius 1 is 1.15 bits per heavy atom. The predicted molar refractivity (Wildman–Crippen MR) is 132 cm³/mol. The highest BCUT2D eigenvalue weighted by Crippen LogP contribution is 2.34. The third kappa shape index (κ3) is 5.90. The average molecular weight is 470 g/mol. The second kappa shape index (κ2) is 11.2. The lowest BCUT2D eigenvalue weighted by molar-refractivity contribution is -0.0456. The summed E-state index contributed by atoms with van der Waals surface area (Å²) in [5, 5.41) is 15.9. The van der Waals surface area contributed by atoms with Crippen LogP contribution in [0.4, 0.5) is 4.39 Å². The number of halogens is 1. The van der Waals surface area contributed by atoms with E-state index in [0.717, 1.165) is 24.0 Å². The molecule has 0 radical (unpaired) electrons. The smallest absolute Gasteiger partial charge is 0.197 e. The van der Waals surface area contributed by atoms with Gasteiger partial charge in [0.15, 0.2) is 17.3 Å². The Morgan fingerprint density at radius 3 is 2.79 bits per heavy atom. The minimum Gasteiger partial charge on any atom is -0.489 e. The van der Waals surface area contributed by atoms with Gasteiger partial charge in [0.05, 0.1) is 13.2 Å². The summed E-state index contributed by atoms with van der Waals surface area (Å²) in [6.45, 7) is 9.75. The summed E-state index contributed by atoms with van der Waals surface area (Å²) < 4.78 is 25.9.